The van der Waals surface area contributed by atoms with Gasteiger partial charge in [-0.15, -0.1) is 11.3 Å². The Hall–Kier alpha value is -2.47. The van der Waals surface area contributed by atoms with Gasteiger partial charge < -0.3 is 11.1 Å². The number of carbonyl (C=O) groups excluding carboxylic acids is 1. The molecule has 0 fully saturated rings. The van der Waals surface area contributed by atoms with Gasteiger partial charge in [-0.3, -0.25) is 4.79 Å². The maximum absolute atomic E-state index is 12.3. The van der Waals surface area contributed by atoms with Gasteiger partial charge in [0.25, 0.3) is 5.91 Å². The Bertz CT molecular complexity index is 798. The lowest BCUT2D eigenvalue weighted by Gasteiger charge is -2.03. The van der Waals surface area contributed by atoms with Crippen LogP contribution in [-0.4, -0.2) is 15.9 Å². The molecule has 3 N–H and O–H groups in total. The van der Waals surface area contributed by atoms with Crippen molar-refractivity contribution in [2.45, 2.75) is 13.5 Å². The Labute approximate surface area is 125 Å². The third-order valence-corrected chi connectivity index (χ3v) is 4.59. The number of amides is 1. The number of thiophene rings is 1. The number of nitrogens with zero attached hydrogens (tertiary/aromatic N) is 2. The van der Waals surface area contributed by atoms with Crippen LogP contribution in [0.25, 0.3) is 10.1 Å². The molecule has 0 radical (unpaired) electrons. The van der Waals surface area contributed by atoms with Crippen molar-refractivity contribution in [1.82, 2.24) is 15.3 Å². The summed E-state index contributed by atoms with van der Waals surface area (Å²) in [6.07, 6.45) is 3.10. The minimum atomic E-state index is -0.174. The Morgan fingerprint density at radius 1 is 1.38 bits per heavy atom. The van der Waals surface area contributed by atoms with Crippen molar-refractivity contribution < 1.29 is 4.79 Å². The van der Waals surface area contributed by atoms with E-state index in [9.17, 15) is 4.79 Å². The second-order valence-electron chi connectivity index (χ2n) is 4.68. The molecule has 6 heteroatoms. The van der Waals surface area contributed by atoms with Crippen LogP contribution in [-0.2, 0) is 6.54 Å². The van der Waals surface area contributed by atoms with E-state index in [4.69, 9.17) is 5.73 Å². The lowest BCUT2D eigenvalue weighted by molar-refractivity contribution is 0.0955. The van der Waals surface area contributed by atoms with Gasteiger partial charge in [-0.25, -0.2) is 9.97 Å². The van der Waals surface area contributed by atoms with Crippen LogP contribution in [0.4, 0.5) is 5.69 Å². The molecule has 0 saturated carbocycles. The Morgan fingerprint density at radius 3 is 2.95 bits per heavy atom. The van der Waals surface area contributed by atoms with Crippen molar-refractivity contribution in [3.05, 3.63) is 52.9 Å². The van der Waals surface area contributed by atoms with Crippen molar-refractivity contribution in [1.29, 1.82) is 0 Å². The molecule has 0 unspecified atom stereocenters. The largest absolute Gasteiger partial charge is 0.397 e. The first-order valence-electron chi connectivity index (χ1n) is 6.47. The molecule has 0 atom stereocenters. The third-order valence-electron chi connectivity index (χ3n) is 3.23. The summed E-state index contributed by atoms with van der Waals surface area (Å²) >= 11 is 1.42. The molecule has 3 aromatic rings. The normalized spacial score (nSPS) is 10.7. The molecule has 21 heavy (non-hydrogen) atoms. The lowest BCUT2D eigenvalue weighted by atomic mass is 10.1. The smallest absolute Gasteiger partial charge is 0.263 e. The van der Waals surface area contributed by atoms with Crippen molar-refractivity contribution >= 4 is 33.0 Å². The number of aromatic nitrogens is 2. The molecule has 0 aliphatic heterocycles. The van der Waals surface area contributed by atoms with Gasteiger partial charge in [0.15, 0.2) is 0 Å². The summed E-state index contributed by atoms with van der Waals surface area (Å²) < 4.78 is 1.06. The maximum Gasteiger partial charge on any atom is 0.263 e. The monoisotopic (exact) mass is 298 g/mol. The number of hydrogen-bond acceptors (Lipinski definition) is 5. The van der Waals surface area contributed by atoms with Crippen LogP contribution in [0.2, 0.25) is 0 Å². The average molecular weight is 298 g/mol. The van der Waals surface area contributed by atoms with E-state index in [1.54, 1.807) is 12.3 Å². The number of hydrogen-bond donors (Lipinski definition) is 2. The fraction of sp³-hybridized carbons (Fsp3) is 0.133. The molecule has 2 heterocycles. The highest BCUT2D eigenvalue weighted by atomic mass is 32.1. The van der Waals surface area contributed by atoms with Crippen LogP contribution < -0.4 is 11.1 Å². The van der Waals surface area contributed by atoms with Crippen LogP contribution in [0.3, 0.4) is 0 Å². The second kappa shape index (κ2) is 5.49. The predicted octanol–water partition coefficient (Wildman–Crippen LogP) is 2.51. The van der Waals surface area contributed by atoms with E-state index < -0.39 is 0 Å². The topological polar surface area (TPSA) is 80.9 Å². The van der Waals surface area contributed by atoms with Crippen LogP contribution in [0.1, 0.15) is 20.9 Å². The summed E-state index contributed by atoms with van der Waals surface area (Å²) in [5.41, 5.74) is 8.52. The summed E-state index contributed by atoms with van der Waals surface area (Å²) in [6, 6.07) is 7.66. The van der Waals surface area contributed by atoms with Gasteiger partial charge in [0.05, 0.1) is 17.9 Å². The van der Waals surface area contributed by atoms with Crippen LogP contribution in [0.15, 0.2) is 36.8 Å². The van der Waals surface area contributed by atoms with Crippen molar-refractivity contribution in [2.24, 2.45) is 0 Å². The van der Waals surface area contributed by atoms with E-state index in [0.717, 1.165) is 21.3 Å². The highest BCUT2D eigenvalue weighted by Crippen LogP contribution is 2.35. The third kappa shape index (κ3) is 2.57. The van der Waals surface area contributed by atoms with Gasteiger partial charge in [0.2, 0.25) is 0 Å². The van der Waals surface area contributed by atoms with Crippen molar-refractivity contribution in [2.75, 3.05) is 5.73 Å². The molecule has 0 spiro atoms. The fourth-order valence-electron chi connectivity index (χ4n) is 2.12. The molecule has 0 bridgehead atoms. The molecular weight excluding hydrogens is 284 g/mol. The number of fused-ring (bicyclic) bond motifs is 1. The maximum atomic E-state index is 12.3. The quantitative estimate of drug-likeness (QED) is 0.778. The van der Waals surface area contributed by atoms with Crippen LogP contribution in [0, 0.1) is 6.92 Å². The number of anilines is 1. The molecule has 0 aliphatic carbocycles. The van der Waals surface area contributed by atoms with Gasteiger partial charge in [0.1, 0.15) is 11.2 Å². The first-order chi connectivity index (χ1) is 10.2. The van der Waals surface area contributed by atoms with E-state index in [0.29, 0.717) is 17.1 Å². The molecule has 106 valence electrons. The summed E-state index contributed by atoms with van der Waals surface area (Å²) in [5.74, 6) is -0.174. The van der Waals surface area contributed by atoms with Gasteiger partial charge in [-0.2, -0.15) is 0 Å². The molecule has 1 amide bonds. The number of nitrogen functional groups attached to an aromatic ring is 1. The van der Waals surface area contributed by atoms with Crippen LogP contribution in [0.5, 0.6) is 0 Å². The molecule has 5 nitrogen and oxygen atoms in total. The fourth-order valence-corrected chi connectivity index (χ4v) is 3.23. The summed E-state index contributed by atoms with van der Waals surface area (Å²) in [7, 11) is 0. The summed E-state index contributed by atoms with van der Waals surface area (Å²) in [4.78, 5) is 20.8. The number of carbonyl (C=O) groups is 1. The number of rotatable bonds is 3. The van der Waals surface area contributed by atoms with Gasteiger partial charge >= 0.3 is 0 Å². The average Bonchev–Trinajstić information content (AvgIpc) is 2.85. The van der Waals surface area contributed by atoms with Gasteiger partial charge in [-0.05, 0) is 18.6 Å². The number of nitrogens with two attached hydrogens (primary N) is 1. The zero-order valence-electron chi connectivity index (χ0n) is 11.5. The van der Waals surface area contributed by atoms with E-state index in [2.05, 4.69) is 15.3 Å². The molecule has 0 aliphatic rings. The molecule has 0 saturated heterocycles. The predicted molar refractivity (Wildman–Crippen MR) is 84.2 cm³/mol. The minimum absolute atomic E-state index is 0.174. The highest BCUT2D eigenvalue weighted by Gasteiger charge is 2.17. The number of aryl methyl sites for hydroxylation is 1. The molecule has 3 rings (SSSR count). The molecular formula is C15H14N4OS. The Kier molecular flexibility index (Phi) is 3.53. The first-order valence-corrected chi connectivity index (χ1v) is 7.29. The van der Waals surface area contributed by atoms with Crippen molar-refractivity contribution in [3.8, 4) is 0 Å². The van der Waals surface area contributed by atoms with E-state index in [1.807, 2.05) is 25.1 Å². The molecule has 1 aromatic carbocycles. The van der Waals surface area contributed by atoms with E-state index in [-0.39, 0.29) is 5.91 Å². The van der Waals surface area contributed by atoms with Crippen molar-refractivity contribution in [3.63, 3.8) is 0 Å². The lowest BCUT2D eigenvalue weighted by Crippen LogP contribution is -2.23. The Morgan fingerprint density at radius 2 is 2.24 bits per heavy atom. The second-order valence-corrected chi connectivity index (χ2v) is 5.70. The summed E-state index contributed by atoms with van der Waals surface area (Å²) in [5, 5.41) is 3.77. The highest BCUT2D eigenvalue weighted by molar-refractivity contribution is 7.21. The minimum Gasteiger partial charge on any atom is -0.397 e. The molecule has 2 aromatic heterocycles. The number of nitrogens with one attached hydrogen (secondary N) is 1. The zero-order valence-corrected chi connectivity index (χ0v) is 12.3. The zero-order chi connectivity index (χ0) is 14.8. The standard InChI is InChI=1S/C15H14N4OS/c1-9-3-2-4-11-12(16)14(21-13(9)11)15(20)18-7-10-5-6-17-8-19-10/h2-6,8H,7,16H2,1H3,(H,18,20). The van der Waals surface area contributed by atoms with Gasteiger partial charge in [0, 0.05) is 16.3 Å². The van der Waals surface area contributed by atoms with E-state index >= 15 is 0 Å². The number of benzene rings is 1. The van der Waals surface area contributed by atoms with Gasteiger partial charge in [-0.1, -0.05) is 18.2 Å². The first kappa shape index (κ1) is 13.5. The van der Waals surface area contributed by atoms with E-state index in [1.165, 1.54) is 17.7 Å². The summed E-state index contributed by atoms with van der Waals surface area (Å²) in [6.45, 7) is 2.37. The Balaban J connectivity index is 1.85. The SMILES string of the molecule is Cc1cccc2c(N)c(C(=O)NCc3ccncn3)sc12. The van der Waals surface area contributed by atoms with Crippen LogP contribution >= 0.6 is 11.3 Å².